The molecule has 0 aromatic heterocycles. The normalized spacial score (nSPS) is 12.2. The highest BCUT2D eigenvalue weighted by Gasteiger charge is 2.38. The van der Waals surface area contributed by atoms with Crippen LogP contribution >= 0.6 is 0 Å². The Morgan fingerprint density at radius 1 is 0.660 bits per heavy atom. The highest BCUT2D eigenvalue weighted by Crippen LogP contribution is 2.44. The first kappa shape index (κ1) is 31.3. The topological polar surface area (TPSA) is 108 Å². The minimum absolute atomic E-state index is 0.0588. The summed E-state index contributed by atoms with van der Waals surface area (Å²) in [6.45, 7) is -0.496. The fourth-order valence-corrected chi connectivity index (χ4v) is 6.39. The largest absolute Gasteiger partial charge is 0.480 e. The summed E-state index contributed by atoms with van der Waals surface area (Å²) in [6.07, 6.45) is -0.883. The second-order valence-corrected chi connectivity index (χ2v) is 11.4. The van der Waals surface area contributed by atoms with Crippen molar-refractivity contribution in [2.75, 3.05) is 19.7 Å². The molecule has 0 unspecified atom stereocenters. The Labute approximate surface area is 273 Å². The molecule has 0 bridgehead atoms. The van der Waals surface area contributed by atoms with Gasteiger partial charge in [0.1, 0.15) is 18.7 Å². The summed E-state index contributed by atoms with van der Waals surface area (Å²) < 4.78 is 5.63. The van der Waals surface area contributed by atoms with E-state index in [0.29, 0.717) is 0 Å². The number of benzene rings is 5. The number of aliphatic carboxylic acids is 1. The highest BCUT2D eigenvalue weighted by atomic mass is 16.6. The molecule has 0 spiro atoms. The van der Waals surface area contributed by atoms with E-state index in [1.807, 2.05) is 127 Å². The average molecular weight is 626 g/mol. The van der Waals surface area contributed by atoms with Crippen LogP contribution < -0.4 is 10.7 Å². The van der Waals surface area contributed by atoms with E-state index in [-0.39, 0.29) is 31.4 Å². The van der Waals surface area contributed by atoms with Crippen molar-refractivity contribution >= 4 is 18.0 Å². The van der Waals surface area contributed by atoms with Crippen LogP contribution in [0.2, 0.25) is 0 Å². The third kappa shape index (κ3) is 6.78. The Kier molecular flexibility index (Phi) is 9.41. The Morgan fingerprint density at radius 2 is 1.11 bits per heavy atom. The highest BCUT2D eigenvalue weighted by molar-refractivity contribution is 5.80. The van der Waals surface area contributed by atoms with Crippen LogP contribution in [0.4, 0.5) is 4.79 Å². The second-order valence-electron chi connectivity index (χ2n) is 11.4. The zero-order chi connectivity index (χ0) is 32.6. The summed E-state index contributed by atoms with van der Waals surface area (Å²) in [5.41, 5.74) is 8.47. The third-order valence-electron chi connectivity index (χ3n) is 8.48. The standard InChI is InChI=1S/C39H35N3O5/c43-36(40-39(28-14-4-1-5-15-28,29-16-6-2-7-17-29)30-18-8-3-9-19-30)24-25-42(26-37(44)45)41-38(46)47-27-35-33-22-12-10-20-31(33)32-21-11-13-23-34(32)35/h1-23,35H,24-27H2,(H,40,43)(H,41,46)(H,44,45). The van der Waals surface area contributed by atoms with Crippen LogP contribution in [0.3, 0.4) is 0 Å². The number of carboxylic acids is 1. The van der Waals surface area contributed by atoms with Crippen molar-refractivity contribution in [2.45, 2.75) is 17.9 Å². The van der Waals surface area contributed by atoms with E-state index in [4.69, 9.17) is 4.74 Å². The zero-order valence-electron chi connectivity index (χ0n) is 25.7. The lowest BCUT2D eigenvalue weighted by atomic mass is 9.77. The van der Waals surface area contributed by atoms with E-state index < -0.39 is 24.1 Å². The predicted octanol–water partition coefficient (Wildman–Crippen LogP) is 6.33. The lowest BCUT2D eigenvalue weighted by molar-refractivity contribution is -0.139. The number of carbonyl (C=O) groups is 3. The van der Waals surface area contributed by atoms with Gasteiger partial charge in [0.05, 0.1) is 0 Å². The van der Waals surface area contributed by atoms with E-state index in [0.717, 1.165) is 38.9 Å². The fraction of sp³-hybridized carbons (Fsp3) is 0.154. The van der Waals surface area contributed by atoms with Gasteiger partial charge in [-0.3, -0.25) is 15.0 Å². The number of carbonyl (C=O) groups excluding carboxylic acids is 2. The number of hydrazine groups is 1. The minimum Gasteiger partial charge on any atom is -0.480 e. The number of amides is 2. The van der Waals surface area contributed by atoms with E-state index in [1.165, 1.54) is 5.01 Å². The Morgan fingerprint density at radius 3 is 1.57 bits per heavy atom. The molecule has 47 heavy (non-hydrogen) atoms. The summed E-state index contributed by atoms with van der Waals surface area (Å²) in [6, 6.07) is 45.2. The zero-order valence-corrected chi connectivity index (χ0v) is 25.7. The van der Waals surface area contributed by atoms with Crippen molar-refractivity contribution in [3.8, 4) is 11.1 Å². The van der Waals surface area contributed by atoms with Gasteiger partial charge in [0.25, 0.3) is 0 Å². The van der Waals surface area contributed by atoms with Crippen molar-refractivity contribution in [2.24, 2.45) is 0 Å². The number of nitrogens with zero attached hydrogens (tertiary/aromatic N) is 1. The molecule has 0 saturated carbocycles. The van der Waals surface area contributed by atoms with Gasteiger partial charge in [-0.15, -0.1) is 0 Å². The van der Waals surface area contributed by atoms with Gasteiger partial charge >= 0.3 is 12.1 Å². The van der Waals surface area contributed by atoms with Crippen LogP contribution in [-0.4, -0.2) is 47.8 Å². The molecule has 6 rings (SSSR count). The molecule has 0 atom stereocenters. The van der Waals surface area contributed by atoms with Crippen molar-refractivity contribution in [3.05, 3.63) is 167 Å². The van der Waals surface area contributed by atoms with Gasteiger partial charge in [-0.25, -0.2) is 9.80 Å². The number of rotatable bonds is 12. The predicted molar refractivity (Wildman–Crippen MR) is 179 cm³/mol. The van der Waals surface area contributed by atoms with Crippen molar-refractivity contribution in [3.63, 3.8) is 0 Å². The molecule has 2 amide bonds. The van der Waals surface area contributed by atoms with Gasteiger partial charge < -0.3 is 15.2 Å². The Hall–Kier alpha value is -5.73. The van der Waals surface area contributed by atoms with Crippen LogP contribution in [-0.2, 0) is 19.9 Å². The molecule has 8 heteroatoms. The maximum absolute atomic E-state index is 13.8. The smallest absolute Gasteiger partial charge is 0.421 e. The number of ether oxygens (including phenoxy) is 1. The summed E-state index contributed by atoms with van der Waals surface area (Å²) in [7, 11) is 0. The molecule has 0 aliphatic heterocycles. The molecule has 5 aromatic carbocycles. The number of hydrogen-bond acceptors (Lipinski definition) is 5. The molecule has 0 fully saturated rings. The maximum Gasteiger partial charge on any atom is 0.421 e. The summed E-state index contributed by atoms with van der Waals surface area (Å²) >= 11 is 0. The Bertz CT molecular complexity index is 1700. The molecule has 8 nitrogen and oxygen atoms in total. The number of carboxylic acid groups (broad SMARTS) is 1. The summed E-state index contributed by atoms with van der Waals surface area (Å²) in [4.78, 5) is 38.5. The molecular weight excluding hydrogens is 590 g/mol. The molecule has 3 N–H and O–H groups in total. The van der Waals surface area contributed by atoms with Crippen molar-refractivity contribution < 1.29 is 24.2 Å². The molecule has 236 valence electrons. The summed E-state index contributed by atoms with van der Waals surface area (Å²) in [5.74, 6) is -1.63. The van der Waals surface area contributed by atoms with Gasteiger partial charge in [-0.1, -0.05) is 140 Å². The quantitative estimate of drug-likeness (QED) is 0.111. The molecular formula is C39H35N3O5. The Balaban J connectivity index is 1.16. The second kappa shape index (κ2) is 14.1. The van der Waals surface area contributed by atoms with Crippen molar-refractivity contribution in [1.29, 1.82) is 0 Å². The van der Waals surface area contributed by atoms with Crippen LogP contribution in [0.5, 0.6) is 0 Å². The first-order chi connectivity index (χ1) is 23.0. The maximum atomic E-state index is 13.8. The van der Waals surface area contributed by atoms with Crippen LogP contribution in [0.25, 0.3) is 11.1 Å². The molecule has 0 radical (unpaired) electrons. The van der Waals surface area contributed by atoms with Crippen LogP contribution in [0.15, 0.2) is 140 Å². The molecule has 1 aliphatic rings. The van der Waals surface area contributed by atoms with Crippen LogP contribution in [0.1, 0.15) is 40.2 Å². The average Bonchev–Trinajstić information content (AvgIpc) is 3.43. The van der Waals surface area contributed by atoms with E-state index in [9.17, 15) is 19.5 Å². The summed E-state index contributed by atoms with van der Waals surface area (Å²) in [5, 5.41) is 14.0. The van der Waals surface area contributed by atoms with Gasteiger partial charge in [0.15, 0.2) is 0 Å². The monoisotopic (exact) mass is 625 g/mol. The molecule has 1 aliphatic carbocycles. The van der Waals surface area contributed by atoms with Gasteiger partial charge in [0, 0.05) is 18.9 Å². The number of fused-ring (bicyclic) bond motifs is 3. The minimum atomic E-state index is -1.16. The third-order valence-corrected chi connectivity index (χ3v) is 8.48. The van der Waals surface area contributed by atoms with E-state index >= 15 is 0 Å². The first-order valence-corrected chi connectivity index (χ1v) is 15.5. The van der Waals surface area contributed by atoms with Gasteiger partial charge in [-0.05, 0) is 38.9 Å². The fourth-order valence-electron chi connectivity index (χ4n) is 6.39. The van der Waals surface area contributed by atoms with Gasteiger partial charge in [0.2, 0.25) is 5.91 Å². The number of nitrogens with one attached hydrogen (secondary N) is 2. The van der Waals surface area contributed by atoms with Gasteiger partial charge in [-0.2, -0.15) is 0 Å². The molecule has 0 heterocycles. The van der Waals surface area contributed by atoms with E-state index in [1.54, 1.807) is 0 Å². The molecule has 5 aromatic rings. The lowest BCUT2D eigenvalue weighted by Crippen LogP contribution is -2.50. The van der Waals surface area contributed by atoms with E-state index in [2.05, 4.69) is 22.9 Å². The number of hydrogen-bond donors (Lipinski definition) is 3. The van der Waals surface area contributed by atoms with Crippen molar-refractivity contribution in [1.82, 2.24) is 15.8 Å². The molecule has 0 saturated heterocycles. The SMILES string of the molecule is O=C(O)CN(CCC(=O)NC(c1ccccc1)(c1ccccc1)c1ccccc1)NC(=O)OCC1c2ccccc2-c2ccccc21. The first-order valence-electron chi connectivity index (χ1n) is 15.5. The van der Waals surface area contributed by atoms with Crippen LogP contribution in [0, 0.1) is 0 Å². The lowest BCUT2D eigenvalue weighted by Gasteiger charge is -2.37.